The standard InChI is InChI=1S/C12H9Cl2IN2O/c1-2-18-8-6-4-3-5-7(8)12-16-10(13)9(15)11(14)17-12/h3-6H,2H2,1H3. The van der Waals surface area contributed by atoms with Crippen molar-refractivity contribution >= 4 is 45.8 Å². The molecular formula is C12H9Cl2IN2O. The van der Waals surface area contributed by atoms with Gasteiger partial charge in [-0.05, 0) is 41.6 Å². The maximum absolute atomic E-state index is 6.01. The summed E-state index contributed by atoms with van der Waals surface area (Å²) in [5.41, 5.74) is 0.777. The summed E-state index contributed by atoms with van der Waals surface area (Å²) in [6.07, 6.45) is 0. The Morgan fingerprint density at radius 2 is 1.78 bits per heavy atom. The van der Waals surface area contributed by atoms with Crippen molar-refractivity contribution in [3.63, 3.8) is 0 Å². The highest BCUT2D eigenvalue weighted by molar-refractivity contribution is 14.1. The Morgan fingerprint density at radius 1 is 1.17 bits per heavy atom. The fourth-order valence-corrected chi connectivity index (χ4v) is 2.08. The number of hydrogen-bond donors (Lipinski definition) is 0. The van der Waals surface area contributed by atoms with E-state index < -0.39 is 0 Å². The minimum Gasteiger partial charge on any atom is -0.493 e. The smallest absolute Gasteiger partial charge is 0.166 e. The molecule has 94 valence electrons. The molecule has 1 aromatic heterocycles. The summed E-state index contributed by atoms with van der Waals surface area (Å²) in [6, 6.07) is 7.52. The lowest BCUT2D eigenvalue weighted by molar-refractivity contribution is 0.341. The topological polar surface area (TPSA) is 35.0 Å². The maximum Gasteiger partial charge on any atom is 0.166 e. The minimum atomic E-state index is 0.344. The lowest BCUT2D eigenvalue weighted by Gasteiger charge is -2.09. The molecule has 0 unspecified atom stereocenters. The maximum atomic E-state index is 6.01. The molecule has 3 nitrogen and oxygen atoms in total. The van der Waals surface area contributed by atoms with Gasteiger partial charge in [0.2, 0.25) is 0 Å². The number of benzene rings is 1. The number of nitrogens with zero attached hydrogens (tertiary/aromatic N) is 2. The Bertz CT molecular complexity index is 555. The Kier molecular flexibility index (Phi) is 4.64. The summed E-state index contributed by atoms with van der Waals surface area (Å²) in [4.78, 5) is 8.46. The van der Waals surface area contributed by atoms with E-state index in [9.17, 15) is 0 Å². The van der Waals surface area contributed by atoms with Crippen LogP contribution in [0.5, 0.6) is 5.75 Å². The second-order valence-electron chi connectivity index (χ2n) is 3.37. The van der Waals surface area contributed by atoms with Crippen molar-refractivity contribution in [1.29, 1.82) is 0 Å². The van der Waals surface area contributed by atoms with Crippen molar-refractivity contribution in [3.8, 4) is 17.1 Å². The summed E-state index contributed by atoms with van der Waals surface area (Å²) in [6.45, 7) is 2.49. The Morgan fingerprint density at radius 3 is 2.39 bits per heavy atom. The van der Waals surface area contributed by atoms with Crippen LogP contribution in [-0.2, 0) is 0 Å². The third-order valence-electron chi connectivity index (χ3n) is 2.20. The molecule has 0 saturated heterocycles. The van der Waals surface area contributed by atoms with Crippen molar-refractivity contribution in [2.45, 2.75) is 6.92 Å². The van der Waals surface area contributed by atoms with Crippen LogP contribution in [0.15, 0.2) is 24.3 Å². The van der Waals surface area contributed by atoms with E-state index in [1.54, 1.807) is 0 Å². The molecule has 0 N–H and O–H groups in total. The summed E-state index contributed by atoms with van der Waals surface area (Å²) in [5.74, 6) is 1.18. The third kappa shape index (κ3) is 2.87. The quantitative estimate of drug-likeness (QED) is 0.569. The molecule has 0 bridgehead atoms. The van der Waals surface area contributed by atoms with Crippen molar-refractivity contribution in [2.24, 2.45) is 0 Å². The molecule has 2 rings (SSSR count). The van der Waals surface area contributed by atoms with Crippen molar-refractivity contribution in [2.75, 3.05) is 6.61 Å². The van der Waals surface area contributed by atoms with Gasteiger partial charge in [-0.25, -0.2) is 9.97 Å². The third-order valence-corrected chi connectivity index (χ3v) is 4.40. The van der Waals surface area contributed by atoms with Crippen molar-refractivity contribution in [1.82, 2.24) is 9.97 Å². The van der Waals surface area contributed by atoms with E-state index in [1.807, 2.05) is 53.8 Å². The highest BCUT2D eigenvalue weighted by atomic mass is 127. The fourth-order valence-electron chi connectivity index (χ4n) is 1.45. The molecule has 1 aromatic carbocycles. The van der Waals surface area contributed by atoms with Gasteiger partial charge in [-0.15, -0.1) is 0 Å². The van der Waals surface area contributed by atoms with Gasteiger partial charge in [-0.3, -0.25) is 0 Å². The average Bonchev–Trinajstić information content (AvgIpc) is 2.36. The van der Waals surface area contributed by atoms with Gasteiger partial charge in [-0.2, -0.15) is 0 Å². The molecule has 0 radical (unpaired) electrons. The predicted octanol–water partition coefficient (Wildman–Crippen LogP) is 4.45. The first-order chi connectivity index (χ1) is 8.63. The number of halogens is 3. The highest BCUT2D eigenvalue weighted by Gasteiger charge is 2.13. The van der Waals surface area contributed by atoms with Crippen LogP contribution in [0.3, 0.4) is 0 Å². The van der Waals surface area contributed by atoms with Gasteiger partial charge in [0.25, 0.3) is 0 Å². The summed E-state index contributed by atoms with van der Waals surface area (Å²) in [5, 5.41) is 0.689. The van der Waals surface area contributed by atoms with E-state index in [0.717, 1.165) is 5.56 Å². The first kappa shape index (κ1) is 13.8. The number of hydrogen-bond acceptors (Lipinski definition) is 3. The predicted molar refractivity (Wildman–Crippen MR) is 81.4 cm³/mol. The molecule has 0 fully saturated rings. The molecular weight excluding hydrogens is 386 g/mol. The van der Waals surface area contributed by atoms with Gasteiger partial charge >= 0.3 is 0 Å². The normalized spacial score (nSPS) is 10.4. The van der Waals surface area contributed by atoms with E-state index in [4.69, 9.17) is 27.9 Å². The van der Waals surface area contributed by atoms with Crippen molar-refractivity contribution < 1.29 is 4.74 Å². The number of ether oxygens (including phenoxy) is 1. The monoisotopic (exact) mass is 394 g/mol. The first-order valence-corrected chi connectivity index (χ1v) is 7.07. The number of aromatic nitrogens is 2. The van der Waals surface area contributed by atoms with Crippen LogP contribution in [0, 0.1) is 3.57 Å². The van der Waals surface area contributed by atoms with Crippen LogP contribution < -0.4 is 4.74 Å². The highest BCUT2D eigenvalue weighted by Crippen LogP contribution is 2.31. The lowest BCUT2D eigenvalue weighted by Crippen LogP contribution is -1.98. The molecule has 18 heavy (non-hydrogen) atoms. The minimum absolute atomic E-state index is 0.344. The fraction of sp³-hybridized carbons (Fsp3) is 0.167. The summed E-state index contributed by atoms with van der Waals surface area (Å²) >= 11 is 14.0. The number of para-hydroxylation sites is 1. The summed E-state index contributed by atoms with van der Waals surface area (Å²) < 4.78 is 6.18. The molecule has 1 heterocycles. The van der Waals surface area contributed by atoms with Crippen LogP contribution in [0.2, 0.25) is 10.3 Å². The molecule has 0 amide bonds. The molecule has 0 aliphatic carbocycles. The van der Waals surface area contributed by atoms with Gasteiger partial charge in [0.05, 0.1) is 15.7 Å². The zero-order chi connectivity index (χ0) is 13.1. The van der Waals surface area contributed by atoms with Gasteiger partial charge in [0.1, 0.15) is 16.1 Å². The van der Waals surface area contributed by atoms with E-state index in [-0.39, 0.29) is 0 Å². The lowest BCUT2D eigenvalue weighted by atomic mass is 10.2. The zero-order valence-electron chi connectivity index (χ0n) is 9.45. The molecule has 2 aromatic rings. The van der Waals surface area contributed by atoms with Gasteiger partial charge in [0, 0.05) is 0 Å². The van der Waals surface area contributed by atoms with E-state index >= 15 is 0 Å². The molecule has 6 heteroatoms. The Balaban J connectivity index is 2.55. The van der Waals surface area contributed by atoms with Crippen molar-refractivity contribution in [3.05, 3.63) is 38.1 Å². The number of rotatable bonds is 3. The average molecular weight is 395 g/mol. The summed E-state index contributed by atoms with van der Waals surface area (Å²) in [7, 11) is 0. The van der Waals surface area contributed by atoms with E-state index in [0.29, 0.717) is 32.1 Å². The van der Waals surface area contributed by atoms with Gasteiger partial charge in [0.15, 0.2) is 5.82 Å². The van der Waals surface area contributed by atoms with E-state index in [2.05, 4.69) is 9.97 Å². The van der Waals surface area contributed by atoms with Gasteiger partial charge < -0.3 is 4.74 Å². The Labute approximate surface area is 129 Å². The van der Waals surface area contributed by atoms with Crippen LogP contribution in [-0.4, -0.2) is 16.6 Å². The SMILES string of the molecule is CCOc1ccccc1-c1nc(Cl)c(I)c(Cl)n1. The van der Waals surface area contributed by atoms with Gasteiger partial charge in [-0.1, -0.05) is 35.3 Å². The zero-order valence-corrected chi connectivity index (χ0v) is 13.1. The largest absolute Gasteiger partial charge is 0.493 e. The molecule has 0 saturated carbocycles. The molecule has 0 spiro atoms. The van der Waals surface area contributed by atoms with E-state index in [1.165, 1.54) is 0 Å². The Hall–Kier alpha value is -0.590. The molecule has 0 aliphatic rings. The second-order valence-corrected chi connectivity index (χ2v) is 5.17. The molecule has 0 atom stereocenters. The first-order valence-electron chi connectivity index (χ1n) is 5.24. The molecule has 0 aliphatic heterocycles. The van der Waals surface area contributed by atoms with Crippen LogP contribution in [0.4, 0.5) is 0 Å². The van der Waals surface area contributed by atoms with Crippen LogP contribution >= 0.6 is 45.8 Å². The van der Waals surface area contributed by atoms with Crippen LogP contribution in [0.1, 0.15) is 6.92 Å². The second kappa shape index (κ2) is 6.04. The van der Waals surface area contributed by atoms with Crippen LogP contribution in [0.25, 0.3) is 11.4 Å².